The van der Waals surface area contributed by atoms with Crippen LogP contribution in [0, 0.1) is 0 Å². The van der Waals surface area contributed by atoms with Gasteiger partial charge in [0.15, 0.2) is 0 Å². The van der Waals surface area contributed by atoms with E-state index >= 15 is 0 Å². The first kappa shape index (κ1) is 11.0. The third-order valence-corrected chi connectivity index (χ3v) is 1.08. The van der Waals surface area contributed by atoms with Crippen LogP contribution in [-0.4, -0.2) is 33.0 Å². The van der Waals surface area contributed by atoms with Gasteiger partial charge in [-0.25, -0.2) is 0 Å². The molecule has 0 spiro atoms. The van der Waals surface area contributed by atoms with E-state index in [1.165, 1.54) is 0 Å². The molecule has 0 aromatic rings. The summed E-state index contributed by atoms with van der Waals surface area (Å²) < 4.78 is 9.01. The van der Waals surface area contributed by atoms with Crippen LogP contribution in [0.4, 0.5) is 0 Å². The van der Waals surface area contributed by atoms with Gasteiger partial charge in [-0.15, -0.1) is 0 Å². The highest BCUT2D eigenvalue weighted by Gasteiger charge is 2.22. The van der Waals surface area contributed by atoms with Gasteiger partial charge in [-0.1, -0.05) is 0 Å². The van der Waals surface area contributed by atoms with E-state index in [9.17, 15) is 9.59 Å². The van der Waals surface area contributed by atoms with E-state index in [1.54, 1.807) is 13.8 Å². The van der Waals surface area contributed by atoms with Crippen LogP contribution in [0.15, 0.2) is 0 Å². The number of hydrogen-bond acceptors (Lipinski definition) is 4. The Morgan fingerprint density at radius 2 is 1.50 bits per heavy atom. The van der Waals surface area contributed by atoms with Gasteiger partial charge < -0.3 is 9.47 Å². The van der Waals surface area contributed by atoms with Crippen molar-refractivity contribution in [3.63, 3.8) is 0 Å². The molecule has 0 saturated heterocycles. The predicted molar refractivity (Wildman–Crippen MR) is 42.8 cm³/mol. The molecule has 0 N–H and O–H groups in total. The van der Waals surface area contributed by atoms with Crippen LogP contribution in [0.25, 0.3) is 0 Å². The van der Waals surface area contributed by atoms with Crippen molar-refractivity contribution in [3.8, 4) is 0 Å². The maximum absolute atomic E-state index is 10.8. The zero-order valence-electron chi connectivity index (χ0n) is 7.20. The molecule has 66 valence electrons. The largest absolute Gasteiger partial charge is 0.466 e. The smallest absolute Gasteiger partial charge is 0.311 e. The van der Waals surface area contributed by atoms with E-state index in [0.29, 0.717) is 0 Å². The van der Waals surface area contributed by atoms with E-state index < -0.39 is 17.8 Å². The van der Waals surface area contributed by atoms with Gasteiger partial charge in [0.1, 0.15) is 13.7 Å². The molecule has 0 fully saturated rings. The molecule has 0 unspecified atom stereocenters. The van der Waals surface area contributed by atoms with Crippen LogP contribution in [0.5, 0.6) is 0 Å². The van der Waals surface area contributed by atoms with Crippen LogP contribution >= 0.6 is 0 Å². The van der Waals surface area contributed by atoms with Crippen LogP contribution < -0.4 is 0 Å². The number of ether oxygens (including phenoxy) is 2. The van der Waals surface area contributed by atoms with Crippen molar-refractivity contribution in [1.82, 2.24) is 0 Å². The Morgan fingerprint density at radius 1 is 1.17 bits per heavy atom. The van der Waals surface area contributed by atoms with Gasteiger partial charge in [0.2, 0.25) is 0 Å². The summed E-state index contributed by atoms with van der Waals surface area (Å²) in [5, 5.41) is 0. The maximum Gasteiger partial charge on any atom is 0.311 e. The second kappa shape index (κ2) is 5.63. The molecule has 0 aromatic heterocycles. The second-order valence-electron chi connectivity index (χ2n) is 1.98. The van der Waals surface area contributed by atoms with E-state index in [0.717, 1.165) is 0 Å². The van der Waals surface area contributed by atoms with Crippen molar-refractivity contribution in [1.29, 1.82) is 0 Å². The normalized spacial score (nSPS) is 9.58. The molecule has 0 atom stereocenters. The summed E-state index contributed by atoms with van der Waals surface area (Å²) in [5.41, 5.74) is 0. The van der Waals surface area contributed by atoms with Gasteiger partial charge >= 0.3 is 11.9 Å². The summed E-state index contributed by atoms with van der Waals surface area (Å²) in [6.07, 6.45) is 0. The molecule has 2 radical (unpaired) electrons. The van der Waals surface area contributed by atoms with Crippen molar-refractivity contribution in [2.45, 2.75) is 19.7 Å². The minimum absolute atomic E-state index is 0.200. The van der Waals surface area contributed by atoms with E-state index in [2.05, 4.69) is 9.47 Å². The first-order chi connectivity index (χ1) is 5.63. The average molecular weight is 170 g/mol. The molecule has 0 bridgehead atoms. The fourth-order valence-corrected chi connectivity index (χ4v) is 0.560. The highest BCUT2D eigenvalue weighted by atomic mass is 16.6. The summed E-state index contributed by atoms with van der Waals surface area (Å²) in [6, 6.07) is 0. The minimum Gasteiger partial charge on any atom is -0.466 e. The van der Waals surface area contributed by atoms with Crippen molar-refractivity contribution < 1.29 is 19.1 Å². The Kier molecular flexibility index (Phi) is 5.16. The number of rotatable bonds is 4. The van der Waals surface area contributed by atoms with Crippen molar-refractivity contribution >= 4 is 19.8 Å². The first-order valence-corrected chi connectivity index (χ1v) is 3.72. The molecule has 12 heavy (non-hydrogen) atoms. The minimum atomic E-state index is -1.31. The summed E-state index contributed by atoms with van der Waals surface area (Å²) in [5.74, 6) is -2.82. The van der Waals surface area contributed by atoms with Crippen LogP contribution in [0.2, 0.25) is 5.82 Å². The van der Waals surface area contributed by atoms with E-state index in [1.807, 2.05) is 0 Å². The van der Waals surface area contributed by atoms with Crippen molar-refractivity contribution in [3.05, 3.63) is 0 Å². The number of hydrogen-bond donors (Lipinski definition) is 0. The Morgan fingerprint density at radius 3 is 1.75 bits per heavy atom. The van der Waals surface area contributed by atoms with Gasteiger partial charge in [-0.3, -0.25) is 9.59 Å². The summed E-state index contributed by atoms with van der Waals surface area (Å²) in [6.45, 7) is 3.67. The fraction of sp³-hybridized carbons (Fsp3) is 0.714. The molecule has 0 aliphatic carbocycles. The molecule has 0 saturated carbocycles. The van der Waals surface area contributed by atoms with Gasteiger partial charge in [-0.2, -0.15) is 0 Å². The monoisotopic (exact) mass is 170 g/mol. The lowest BCUT2D eigenvalue weighted by Crippen LogP contribution is -2.22. The first-order valence-electron chi connectivity index (χ1n) is 3.72. The molecular formula is C7H11BO4. The number of carbonyl (C=O) groups excluding carboxylic acids is 2. The average Bonchev–Trinajstić information content (AvgIpc) is 2.04. The maximum atomic E-state index is 10.8. The zero-order chi connectivity index (χ0) is 9.56. The van der Waals surface area contributed by atoms with Gasteiger partial charge in [0.25, 0.3) is 0 Å². The Labute approximate surface area is 72.6 Å². The molecule has 0 amide bonds. The van der Waals surface area contributed by atoms with Crippen molar-refractivity contribution in [2.75, 3.05) is 13.2 Å². The number of esters is 2. The molecular weight excluding hydrogens is 159 g/mol. The topological polar surface area (TPSA) is 52.6 Å². The lowest BCUT2D eigenvalue weighted by Gasteiger charge is -2.08. The molecule has 5 heteroatoms. The Balaban J connectivity index is 3.91. The second-order valence-corrected chi connectivity index (χ2v) is 1.98. The molecule has 0 aliphatic rings. The quantitative estimate of drug-likeness (QED) is 0.340. The Hall–Kier alpha value is -0.995. The highest BCUT2D eigenvalue weighted by Crippen LogP contribution is 2.04. The molecule has 0 aliphatic heterocycles. The SMILES string of the molecule is [B]C(C(=O)OCC)C(=O)OCC. The molecule has 0 rings (SSSR count). The van der Waals surface area contributed by atoms with Gasteiger partial charge in [-0.05, 0) is 13.8 Å². The van der Waals surface area contributed by atoms with Gasteiger partial charge in [0.05, 0.1) is 13.2 Å². The highest BCUT2D eigenvalue weighted by molar-refractivity contribution is 6.34. The predicted octanol–water partition coefficient (Wildman–Crippen LogP) is 0.0696. The van der Waals surface area contributed by atoms with E-state index in [-0.39, 0.29) is 13.2 Å². The molecule has 0 heterocycles. The standard InChI is InChI=1S/C7H11BO4/c1-3-11-6(9)5(8)7(10)12-4-2/h5H,3-4H2,1-2H3. The van der Waals surface area contributed by atoms with Crippen molar-refractivity contribution in [2.24, 2.45) is 0 Å². The molecule has 0 aromatic carbocycles. The van der Waals surface area contributed by atoms with Crippen LogP contribution in [0.3, 0.4) is 0 Å². The lowest BCUT2D eigenvalue weighted by molar-refractivity contribution is -0.153. The van der Waals surface area contributed by atoms with Crippen LogP contribution in [-0.2, 0) is 19.1 Å². The van der Waals surface area contributed by atoms with E-state index in [4.69, 9.17) is 7.85 Å². The third-order valence-electron chi connectivity index (χ3n) is 1.08. The van der Waals surface area contributed by atoms with Gasteiger partial charge in [0, 0.05) is 0 Å². The van der Waals surface area contributed by atoms with Crippen LogP contribution in [0.1, 0.15) is 13.8 Å². The molecule has 4 nitrogen and oxygen atoms in total. The zero-order valence-corrected chi connectivity index (χ0v) is 7.20. The number of carbonyl (C=O) groups is 2. The lowest BCUT2D eigenvalue weighted by atomic mass is 9.88. The Bertz CT molecular complexity index is 151. The third kappa shape index (κ3) is 3.41. The fourth-order valence-electron chi connectivity index (χ4n) is 0.560. The summed E-state index contributed by atoms with van der Waals surface area (Å²) >= 11 is 0. The summed E-state index contributed by atoms with van der Waals surface area (Å²) in [4.78, 5) is 21.6. The summed E-state index contributed by atoms with van der Waals surface area (Å²) in [7, 11) is 5.18.